The number of aryl methyl sites for hydroxylation is 7. The molecule has 1 atom stereocenters. The van der Waals surface area contributed by atoms with Crippen molar-refractivity contribution in [2.24, 2.45) is 21.1 Å². The van der Waals surface area contributed by atoms with Crippen LogP contribution in [0.5, 0.6) is 0 Å². The lowest BCUT2D eigenvalue weighted by atomic mass is 9.80. The molecule has 0 radical (unpaired) electrons. The standard InChI is InChI=1S/C28H27N2.2C27H25N2/c1-18-8-11-20(12-9-18)21-13-15-24(30(5)17-21)25-19(2)10-14-22-23-7-6-16-29-27(23)28(3,4)26(22)25;2*1-18-12-14-21-22-11-8-16-28-26(22)27(2,3)25(21)24(18)23-15-13-20(17-29(23)4)19-9-6-5-7-10-19/h6-17H,1-5H3;2*5-17H,1-4H3/q3*+1/i;2D3;. The maximum Gasteiger partial charge on any atom is 0.212 e. The minimum Gasteiger partial charge on any atom is -0.260 e. The minimum absolute atomic E-state index is 0.127. The third-order valence-electron chi connectivity index (χ3n) is 18.7. The van der Waals surface area contributed by atoms with Gasteiger partial charge < -0.3 is 0 Å². The van der Waals surface area contributed by atoms with Crippen molar-refractivity contribution in [3.05, 3.63) is 287 Å². The molecule has 6 aromatic carbocycles. The molecule has 6 heteroatoms. The van der Waals surface area contributed by atoms with E-state index in [2.05, 4.69) is 252 Å². The Kier molecular flexibility index (Phi) is 13.5. The van der Waals surface area contributed by atoms with Crippen molar-refractivity contribution < 1.29 is 17.8 Å². The summed E-state index contributed by atoms with van der Waals surface area (Å²) in [5.41, 5.74) is 31.4. The average Bonchev–Trinajstić information content (AvgIpc) is 1.58. The summed E-state index contributed by atoms with van der Waals surface area (Å²) in [6.45, 7) is 17.4. The Morgan fingerprint density at radius 3 is 0.943 bits per heavy atom. The SMILES string of the molecule is Cc1ccc(-c2ccc(-c3c(C)ccc4c3C(C)(C)c3ncccc3-4)[n+](C)c2)cc1.Cc1ccc2c(c1-c1ccc(-c3ccccc3)c[n+]1C)C(C)(C)c1ncccc1-2.[2H]C([2H])([2H])C1(C)c2ncccc2-c2ccc(C)c(-c3ccc(-c4ccccc4)c[n+]3C)c21. The van der Waals surface area contributed by atoms with Crippen LogP contribution >= 0.6 is 0 Å². The number of rotatable bonds is 6. The zero-order valence-corrected chi connectivity index (χ0v) is 52.6. The highest BCUT2D eigenvalue weighted by atomic mass is 14.9. The van der Waals surface area contributed by atoms with Crippen LogP contribution in [0.25, 0.3) is 101 Å². The van der Waals surface area contributed by atoms with Gasteiger partial charge in [-0.05, 0) is 131 Å². The van der Waals surface area contributed by atoms with Gasteiger partial charge in [0.25, 0.3) is 0 Å². The molecule has 432 valence electrons. The largest absolute Gasteiger partial charge is 0.260 e. The molecule has 1 unspecified atom stereocenters. The van der Waals surface area contributed by atoms with Crippen molar-refractivity contribution in [1.29, 1.82) is 0 Å². The highest BCUT2D eigenvalue weighted by molar-refractivity contribution is 5.90. The van der Waals surface area contributed by atoms with Crippen molar-refractivity contribution in [2.75, 3.05) is 0 Å². The Hall–Kier alpha value is -9.78. The lowest BCUT2D eigenvalue weighted by Crippen LogP contribution is -2.32. The van der Waals surface area contributed by atoms with E-state index in [1.54, 1.807) is 6.20 Å². The quantitative estimate of drug-likeness (QED) is 0.156. The van der Waals surface area contributed by atoms with Crippen LogP contribution in [0.2, 0.25) is 0 Å². The maximum atomic E-state index is 8.50. The molecule has 3 aliphatic carbocycles. The van der Waals surface area contributed by atoms with E-state index >= 15 is 0 Å². The Balaban J connectivity index is 0.000000125. The third-order valence-corrected chi connectivity index (χ3v) is 18.7. The van der Waals surface area contributed by atoms with Crippen LogP contribution < -0.4 is 13.7 Å². The van der Waals surface area contributed by atoms with Crippen LogP contribution in [0.4, 0.5) is 0 Å². The van der Waals surface area contributed by atoms with Crippen molar-refractivity contribution in [1.82, 2.24) is 15.0 Å². The van der Waals surface area contributed by atoms with E-state index in [0.717, 1.165) is 44.6 Å². The Labute approximate surface area is 524 Å². The molecule has 0 aliphatic heterocycles. The second kappa shape index (κ2) is 22.2. The summed E-state index contributed by atoms with van der Waals surface area (Å²) < 4.78 is 32.1. The predicted octanol–water partition coefficient (Wildman–Crippen LogP) is 17.9. The molecule has 0 amide bonds. The molecule has 3 aliphatic rings. The first kappa shape index (κ1) is 53.7. The average molecular weight is 1150 g/mol. The number of hydrogen-bond acceptors (Lipinski definition) is 3. The van der Waals surface area contributed by atoms with E-state index in [1.165, 1.54) is 106 Å². The number of pyridine rings is 6. The third kappa shape index (κ3) is 9.67. The fraction of sp³-hybridized carbons (Fsp3) is 0.195. The molecule has 0 spiro atoms. The molecule has 12 aromatic rings. The fourth-order valence-electron chi connectivity index (χ4n) is 14.3. The minimum atomic E-state index is -2.24. The summed E-state index contributed by atoms with van der Waals surface area (Å²) in [6, 6.07) is 68.3. The zero-order chi connectivity index (χ0) is 63.9. The molecule has 0 saturated carbocycles. The Morgan fingerprint density at radius 1 is 0.307 bits per heavy atom. The van der Waals surface area contributed by atoms with Crippen LogP contribution in [0.1, 0.15) is 102 Å². The molecule has 6 heterocycles. The normalized spacial score (nSPS) is 15.5. The molecule has 0 N–H and O–H groups in total. The smallest absolute Gasteiger partial charge is 0.212 e. The van der Waals surface area contributed by atoms with Crippen molar-refractivity contribution >= 4 is 0 Å². The van der Waals surface area contributed by atoms with Crippen LogP contribution in [0.3, 0.4) is 0 Å². The van der Waals surface area contributed by atoms with Gasteiger partial charge in [-0.2, -0.15) is 0 Å². The van der Waals surface area contributed by atoms with E-state index in [4.69, 9.17) is 14.1 Å². The van der Waals surface area contributed by atoms with Crippen molar-refractivity contribution in [3.63, 3.8) is 0 Å². The first-order valence-corrected chi connectivity index (χ1v) is 30.6. The number of hydrogen-bond donors (Lipinski definition) is 0. The van der Waals surface area contributed by atoms with E-state index in [1.807, 2.05) is 74.9 Å². The van der Waals surface area contributed by atoms with E-state index in [9.17, 15) is 0 Å². The van der Waals surface area contributed by atoms with Gasteiger partial charge in [0.2, 0.25) is 17.1 Å². The summed E-state index contributed by atoms with van der Waals surface area (Å²) in [6.07, 6.45) is 12.1. The van der Waals surface area contributed by atoms with Gasteiger partial charge in [0.15, 0.2) is 18.6 Å². The van der Waals surface area contributed by atoms with Crippen molar-refractivity contribution in [2.45, 2.75) is 85.4 Å². The summed E-state index contributed by atoms with van der Waals surface area (Å²) >= 11 is 0. The van der Waals surface area contributed by atoms with Gasteiger partial charge in [0, 0.05) is 90.5 Å². The molecule has 15 rings (SSSR count). The van der Waals surface area contributed by atoms with Gasteiger partial charge in [-0.25, -0.2) is 13.7 Å². The maximum absolute atomic E-state index is 8.50. The van der Waals surface area contributed by atoms with Crippen LogP contribution in [0.15, 0.2) is 231 Å². The number of aromatic nitrogens is 6. The first-order valence-electron chi connectivity index (χ1n) is 32.1. The molecule has 0 fully saturated rings. The highest BCUT2D eigenvalue weighted by Gasteiger charge is 2.44. The fourth-order valence-corrected chi connectivity index (χ4v) is 14.3. The van der Waals surface area contributed by atoms with Gasteiger partial charge in [0.1, 0.15) is 21.1 Å². The lowest BCUT2D eigenvalue weighted by Gasteiger charge is -2.23. The summed E-state index contributed by atoms with van der Waals surface area (Å²) in [7, 11) is 6.32. The van der Waals surface area contributed by atoms with E-state index < -0.39 is 12.3 Å². The Morgan fingerprint density at radius 2 is 0.614 bits per heavy atom. The Bertz CT molecular complexity index is 4840. The molecule has 0 saturated heterocycles. The lowest BCUT2D eigenvalue weighted by molar-refractivity contribution is -0.660. The molecular weight excluding hydrogens is 1070 g/mol. The van der Waals surface area contributed by atoms with Crippen LogP contribution in [0, 0.1) is 27.7 Å². The van der Waals surface area contributed by atoms with E-state index in [-0.39, 0.29) is 10.8 Å². The summed E-state index contributed by atoms with van der Waals surface area (Å²) in [5, 5.41) is 0. The van der Waals surface area contributed by atoms with Crippen LogP contribution in [-0.4, -0.2) is 15.0 Å². The van der Waals surface area contributed by atoms with Crippen molar-refractivity contribution in [3.8, 4) is 101 Å². The zero-order valence-electron chi connectivity index (χ0n) is 55.6. The van der Waals surface area contributed by atoms with Gasteiger partial charge in [-0.1, -0.05) is 187 Å². The van der Waals surface area contributed by atoms with Crippen LogP contribution in [-0.2, 0) is 37.4 Å². The topological polar surface area (TPSA) is 50.3 Å². The van der Waals surface area contributed by atoms with Gasteiger partial charge >= 0.3 is 0 Å². The molecule has 88 heavy (non-hydrogen) atoms. The molecule has 0 bridgehead atoms. The number of benzene rings is 6. The number of nitrogens with zero attached hydrogens (tertiary/aromatic N) is 6. The van der Waals surface area contributed by atoms with Gasteiger partial charge in [-0.15, -0.1) is 0 Å². The first-order chi connectivity index (χ1) is 43.6. The second-order valence-corrected chi connectivity index (χ2v) is 25.5. The summed E-state index contributed by atoms with van der Waals surface area (Å²) in [4.78, 5) is 14.1. The van der Waals surface area contributed by atoms with Gasteiger partial charge in [-0.3, -0.25) is 15.0 Å². The highest BCUT2D eigenvalue weighted by Crippen LogP contribution is 2.55. The van der Waals surface area contributed by atoms with Gasteiger partial charge in [0.05, 0.1) is 33.8 Å². The predicted molar refractivity (Wildman–Crippen MR) is 360 cm³/mol. The monoisotopic (exact) mass is 1150 g/mol. The summed E-state index contributed by atoms with van der Waals surface area (Å²) in [5.74, 6) is 0. The molecule has 6 nitrogen and oxygen atoms in total. The molecule has 6 aromatic heterocycles. The molecular formula is C82H77N6+3. The van der Waals surface area contributed by atoms with E-state index in [0.29, 0.717) is 5.69 Å². The number of fused-ring (bicyclic) bond motifs is 9. The second-order valence-electron chi connectivity index (χ2n) is 25.5.